The van der Waals surface area contributed by atoms with E-state index in [2.05, 4.69) is 158 Å². The third-order valence-electron chi connectivity index (χ3n) is 12.2. The van der Waals surface area contributed by atoms with Gasteiger partial charge in [-0.15, -0.1) is 0 Å². The molecule has 0 heterocycles. The Bertz CT molecular complexity index is 1810. The second kappa shape index (κ2) is 9.56. The molecule has 6 rings (SSSR count). The first-order chi connectivity index (χ1) is 20.6. The Morgan fingerprint density at radius 3 is 1.32 bits per heavy atom. The van der Waals surface area contributed by atoms with Crippen LogP contribution in [0.1, 0.15) is 93.6 Å². The van der Waals surface area contributed by atoms with Crippen molar-refractivity contribution in [2.75, 3.05) is 0 Å². The van der Waals surface area contributed by atoms with Gasteiger partial charge in [0.1, 0.15) is 0 Å². The van der Waals surface area contributed by atoms with Gasteiger partial charge < -0.3 is 0 Å². The van der Waals surface area contributed by atoms with Crippen molar-refractivity contribution < 1.29 is 15.1 Å². The number of benzene rings is 4. The number of hydrogen-bond donors (Lipinski definition) is 0. The average molecular weight is 747 g/mol. The van der Waals surface area contributed by atoms with Gasteiger partial charge in [0.25, 0.3) is 0 Å². The van der Waals surface area contributed by atoms with Crippen molar-refractivity contribution in [2.24, 2.45) is 0 Å². The molecule has 228 valence electrons. The molecule has 4 aromatic carbocycles. The van der Waals surface area contributed by atoms with E-state index in [1.807, 2.05) is 0 Å². The molecule has 0 aromatic heterocycles. The molecule has 0 spiro atoms. The first-order valence-corrected chi connectivity index (χ1v) is 37.0. The maximum absolute atomic E-state index is 5.68. The van der Waals surface area contributed by atoms with Gasteiger partial charge in [0, 0.05) is 0 Å². The van der Waals surface area contributed by atoms with Gasteiger partial charge in [-0.3, -0.25) is 0 Å². The second-order valence-electron chi connectivity index (χ2n) is 18.2. The molecule has 1 heteroatoms. The van der Waals surface area contributed by atoms with Crippen molar-refractivity contribution in [1.82, 2.24) is 0 Å². The summed E-state index contributed by atoms with van der Waals surface area (Å²) in [4.78, 5) is 0. The summed E-state index contributed by atoms with van der Waals surface area (Å²) >= 11 is -5.15. The summed E-state index contributed by atoms with van der Waals surface area (Å²) < 4.78 is 15.5. The molecule has 0 amide bonds. The molecule has 4 aromatic rings. The Balaban J connectivity index is 1.50. The second-order valence-corrected chi connectivity index (χ2v) is 71.8. The van der Waals surface area contributed by atoms with E-state index in [0.717, 1.165) is 10.6 Å². The SMILES string of the molecule is [CH2]=[Hf]([CH3])([CH3])([CH3])([CH2]CC)([CH]1C=Cc2c(-c3ccc(C(C)C)cc3)cccc21)[CH]1C=Cc2c(-c3ccc(C(C)C)cc3)cccc21. The molecule has 44 heavy (non-hydrogen) atoms. The van der Waals surface area contributed by atoms with Gasteiger partial charge >= 0.3 is 263 Å². The zero-order valence-electron chi connectivity index (χ0n) is 28.3. The van der Waals surface area contributed by atoms with Crippen LogP contribution in [0, 0.1) is 0 Å². The Hall–Kier alpha value is -2.90. The minimum atomic E-state index is -5.15. The molecule has 2 unspecified atom stereocenters. The number of allylic oxidation sites excluding steroid dienone is 2. The van der Waals surface area contributed by atoms with Crippen molar-refractivity contribution in [3.05, 3.63) is 130 Å². The van der Waals surface area contributed by atoms with Crippen LogP contribution in [0.4, 0.5) is 0 Å². The van der Waals surface area contributed by atoms with Crippen LogP contribution in [0.5, 0.6) is 0 Å². The maximum atomic E-state index is 5.68. The molecule has 2 atom stereocenters. The zero-order valence-corrected chi connectivity index (χ0v) is 31.9. The van der Waals surface area contributed by atoms with Gasteiger partial charge in [0.05, 0.1) is 0 Å². The van der Waals surface area contributed by atoms with Gasteiger partial charge in [-0.25, -0.2) is 0 Å². The van der Waals surface area contributed by atoms with Gasteiger partial charge in [-0.2, -0.15) is 0 Å². The van der Waals surface area contributed by atoms with Crippen molar-refractivity contribution in [2.45, 2.75) is 78.4 Å². The van der Waals surface area contributed by atoms with E-state index >= 15 is 0 Å². The van der Waals surface area contributed by atoms with E-state index in [0.29, 0.717) is 19.2 Å². The van der Waals surface area contributed by atoms with E-state index in [1.54, 1.807) is 0 Å². The Morgan fingerprint density at radius 1 is 0.591 bits per heavy atom. The third-order valence-corrected chi connectivity index (χ3v) is 48.7. The fraction of sp³-hybridized carbons (Fsp3) is 0.326. The van der Waals surface area contributed by atoms with Crippen LogP contribution >= 0.6 is 0 Å². The first-order valence-electron chi connectivity index (χ1n) is 17.0. The first kappa shape index (κ1) is 31.1. The standard InChI is InChI=1S/2C18H17.C3H7.3CH3.CH2.Hf/c2*1-13(2)14-9-11-16(12-10-14)18-8-4-6-15-5-3-7-17(15)18;1-3-2;;;;;/h2*3-13H,1-2H3;1,3H2,2H3;3*1H3;1H2;. The van der Waals surface area contributed by atoms with E-state index in [4.69, 9.17) is 4.26 Å². The Kier molecular flexibility index (Phi) is 6.75. The van der Waals surface area contributed by atoms with Crippen LogP contribution < -0.4 is 0 Å². The van der Waals surface area contributed by atoms with Gasteiger partial charge in [-0.05, 0) is 0 Å². The fourth-order valence-electron chi connectivity index (χ4n) is 9.50. The van der Waals surface area contributed by atoms with E-state index in [9.17, 15) is 0 Å². The van der Waals surface area contributed by atoms with Crippen molar-refractivity contribution >= 4 is 16.4 Å². The number of fused-ring (bicyclic) bond motifs is 2. The van der Waals surface area contributed by atoms with Crippen LogP contribution in [-0.4, -0.2) is 4.26 Å². The fourth-order valence-corrected chi connectivity index (χ4v) is 42.4. The zero-order chi connectivity index (χ0) is 31.6. The van der Waals surface area contributed by atoms with Crippen molar-refractivity contribution in [1.29, 1.82) is 0 Å². The number of hydrogen-bond acceptors (Lipinski definition) is 0. The molecule has 0 saturated heterocycles. The molecule has 0 N–H and O–H groups in total. The van der Waals surface area contributed by atoms with Gasteiger partial charge in [-0.1, -0.05) is 0 Å². The molecule has 0 bridgehead atoms. The summed E-state index contributed by atoms with van der Waals surface area (Å²) in [6.45, 7) is 11.4. The topological polar surface area (TPSA) is 0 Å². The van der Waals surface area contributed by atoms with Gasteiger partial charge in [0.15, 0.2) is 0 Å². The molecule has 0 aliphatic heterocycles. The molecule has 0 fully saturated rings. The van der Waals surface area contributed by atoms with Crippen molar-refractivity contribution in [3.8, 4) is 22.3 Å². The normalized spacial score (nSPS) is 19.8. The quantitative estimate of drug-likeness (QED) is 0.158. The summed E-state index contributed by atoms with van der Waals surface area (Å²) in [5, 5.41) is 0. The van der Waals surface area contributed by atoms with Crippen molar-refractivity contribution in [3.63, 3.8) is 0 Å². The molecule has 0 nitrogen and oxygen atoms in total. The average Bonchev–Trinajstić information content (AvgIpc) is 3.64. The van der Waals surface area contributed by atoms with E-state index in [-0.39, 0.29) is 0 Å². The summed E-state index contributed by atoms with van der Waals surface area (Å²) in [6, 6.07) is 32.5. The van der Waals surface area contributed by atoms with E-state index < -0.39 is 15.1 Å². The van der Waals surface area contributed by atoms with Crippen LogP contribution in [0.3, 0.4) is 0 Å². The summed E-state index contributed by atoms with van der Waals surface area (Å²) in [5.41, 5.74) is 13.8. The predicted octanol–water partition coefficient (Wildman–Crippen LogP) is 13.3. The summed E-state index contributed by atoms with van der Waals surface area (Å²) in [6.07, 6.45) is 11.1. The Morgan fingerprint density at radius 2 is 0.977 bits per heavy atom. The predicted molar refractivity (Wildman–Crippen MR) is 195 cm³/mol. The molecular formula is C43H52Hf. The molecule has 2 aliphatic rings. The minimum absolute atomic E-state index is 0.304. The molecule has 0 saturated carbocycles. The van der Waals surface area contributed by atoms with Crippen LogP contribution in [0.2, 0.25) is 18.2 Å². The van der Waals surface area contributed by atoms with Crippen LogP contribution in [0.25, 0.3) is 34.4 Å². The van der Waals surface area contributed by atoms with Crippen LogP contribution in [0.15, 0.2) is 97.1 Å². The van der Waals surface area contributed by atoms with E-state index in [1.165, 1.54) is 55.6 Å². The third kappa shape index (κ3) is 4.68. The van der Waals surface area contributed by atoms with Gasteiger partial charge in [0.2, 0.25) is 0 Å². The molecule has 2 aliphatic carbocycles. The van der Waals surface area contributed by atoms with Crippen LogP contribution in [-0.2, 0) is 15.1 Å². The number of rotatable bonds is 8. The summed E-state index contributed by atoms with van der Waals surface area (Å²) in [7, 11) is 0. The monoisotopic (exact) mass is 748 g/mol. The molecular weight excluding hydrogens is 695 g/mol. The Labute approximate surface area is 261 Å². The summed E-state index contributed by atoms with van der Waals surface area (Å²) in [5.74, 6) is 1.07. The molecule has 0 radical (unpaired) electrons.